The fraction of sp³-hybridized carbons (Fsp3) is 0.360. The molecule has 0 unspecified atom stereocenters. The maximum atomic E-state index is 14.7. The molecule has 1 saturated heterocycles. The Labute approximate surface area is 203 Å². The number of hydrogen-bond acceptors (Lipinski definition) is 7. The van der Waals surface area contributed by atoms with E-state index in [0.717, 1.165) is 32.7 Å². The maximum Gasteiger partial charge on any atom is 0.224 e. The van der Waals surface area contributed by atoms with Crippen LogP contribution in [0.5, 0.6) is 5.75 Å². The van der Waals surface area contributed by atoms with Crippen LogP contribution in [0.4, 0.5) is 8.78 Å². The van der Waals surface area contributed by atoms with E-state index in [4.69, 9.17) is 4.74 Å². The van der Waals surface area contributed by atoms with Crippen LogP contribution in [0.1, 0.15) is 11.3 Å². The van der Waals surface area contributed by atoms with E-state index in [2.05, 4.69) is 37.1 Å². The number of halogens is 2. The average Bonchev–Trinajstić information content (AvgIpc) is 2.85. The lowest BCUT2D eigenvalue weighted by atomic mass is 10.1. The van der Waals surface area contributed by atoms with Crippen LogP contribution in [-0.4, -0.2) is 77.0 Å². The first-order chi connectivity index (χ1) is 17.0. The lowest BCUT2D eigenvalue weighted by Gasteiger charge is -2.32. The van der Waals surface area contributed by atoms with Gasteiger partial charge in [-0.05, 0) is 36.9 Å². The normalized spacial score (nSPS) is 14.6. The van der Waals surface area contributed by atoms with Crippen molar-refractivity contribution in [3.05, 3.63) is 71.8 Å². The summed E-state index contributed by atoms with van der Waals surface area (Å²) >= 11 is 0. The summed E-state index contributed by atoms with van der Waals surface area (Å²) in [6.07, 6.45) is 3.02. The Hall–Kier alpha value is -3.50. The Bertz CT molecular complexity index is 1140. The van der Waals surface area contributed by atoms with Crippen molar-refractivity contribution in [2.45, 2.75) is 13.0 Å². The van der Waals surface area contributed by atoms with Gasteiger partial charge in [0, 0.05) is 51.2 Å². The van der Waals surface area contributed by atoms with E-state index in [1.165, 1.54) is 30.6 Å². The second-order valence-electron chi connectivity index (χ2n) is 8.46. The Morgan fingerprint density at radius 3 is 2.57 bits per heavy atom. The molecule has 0 atom stereocenters. The molecule has 4 rings (SSSR count). The van der Waals surface area contributed by atoms with Crippen molar-refractivity contribution < 1.29 is 18.3 Å². The van der Waals surface area contributed by atoms with Crippen molar-refractivity contribution in [2.75, 3.05) is 46.4 Å². The minimum absolute atomic E-state index is 0.0398. The molecule has 1 N–H and O–H groups in total. The van der Waals surface area contributed by atoms with Crippen LogP contribution in [0.25, 0.3) is 11.4 Å². The molecule has 0 spiro atoms. The minimum Gasteiger partial charge on any atom is -0.492 e. The van der Waals surface area contributed by atoms with E-state index in [1.807, 2.05) is 0 Å². The monoisotopic (exact) mass is 482 g/mol. The number of likely N-dealkylation sites (N-methyl/N-ethyl adjacent to an activating group) is 1. The number of piperazine rings is 1. The number of carbonyl (C=O) groups is 1. The van der Waals surface area contributed by atoms with Crippen molar-refractivity contribution in [1.82, 2.24) is 30.1 Å². The fourth-order valence-electron chi connectivity index (χ4n) is 3.70. The molecule has 1 aromatic carbocycles. The Balaban J connectivity index is 1.26. The zero-order valence-corrected chi connectivity index (χ0v) is 19.6. The van der Waals surface area contributed by atoms with Gasteiger partial charge in [0.25, 0.3) is 0 Å². The van der Waals surface area contributed by atoms with Crippen LogP contribution in [-0.2, 0) is 17.8 Å². The maximum absolute atomic E-state index is 14.7. The molecule has 35 heavy (non-hydrogen) atoms. The summed E-state index contributed by atoms with van der Waals surface area (Å²) < 4.78 is 33.5. The van der Waals surface area contributed by atoms with E-state index in [1.54, 1.807) is 18.2 Å². The molecule has 0 radical (unpaired) electrons. The van der Waals surface area contributed by atoms with E-state index >= 15 is 0 Å². The topological polar surface area (TPSA) is 83.5 Å². The highest BCUT2D eigenvalue weighted by molar-refractivity contribution is 5.78. The van der Waals surface area contributed by atoms with Crippen LogP contribution in [0.3, 0.4) is 0 Å². The Morgan fingerprint density at radius 1 is 1.09 bits per heavy atom. The zero-order valence-electron chi connectivity index (χ0n) is 19.6. The van der Waals surface area contributed by atoms with Crippen LogP contribution in [0.2, 0.25) is 0 Å². The predicted molar refractivity (Wildman–Crippen MR) is 127 cm³/mol. The number of carbonyl (C=O) groups excluding carboxylic acids is 1. The van der Waals surface area contributed by atoms with Crippen molar-refractivity contribution in [3.63, 3.8) is 0 Å². The summed E-state index contributed by atoms with van der Waals surface area (Å²) in [5.41, 5.74) is 1.25. The first-order valence-electron chi connectivity index (χ1n) is 11.5. The van der Waals surface area contributed by atoms with E-state index in [0.29, 0.717) is 23.6 Å². The summed E-state index contributed by atoms with van der Waals surface area (Å²) in [5.74, 6) is -0.675. The summed E-state index contributed by atoms with van der Waals surface area (Å²) in [5, 5.41) is 2.67. The van der Waals surface area contributed by atoms with Crippen molar-refractivity contribution >= 4 is 5.91 Å². The molecule has 0 saturated carbocycles. The first-order valence-corrected chi connectivity index (χ1v) is 11.5. The molecule has 10 heteroatoms. The minimum atomic E-state index is -0.599. The van der Waals surface area contributed by atoms with Crippen LogP contribution >= 0.6 is 0 Å². The van der Waals surface area contributed by atoms with Crippen LogP contribution in [0.15, 0.2) is 48.8 Å². The van der Waals surface area contributed by atoms with Crippen LogP contribution in [0, 0.1) is 11.8 Å². The van der Waals surface area contributed by atoms with Gasteiger partial charge >= 0.3 is 0 Å². The fourth-order valence-corrected chi connectivity index (χ4v) is 3.70. The van der Waals surface area contributed by atoms with Crippen LogP contribution < -0.4 is 10.1 Å². The Morgan fingerprint density at radius 2 is 1.86 bits per heavy atom. The number of nitrogens with one attached hydrogen (secondary N) is 1. The van der Waals surface area contributed by atoms with E-state index in [9.17, 15) is 13.6 Å². The molecule has 1 aliphatic heterocycles. The van der Waals surface area contributed by atoms with Gasteiger partial charge in [-0.2, -0.15) is 4.39 Å². The number of nitrogens with zero attached hydrogens (tertiary/aromatic N) is 5. The predicted octanol–water partition coefficient (Wildman–Crippen LogP) is 2.30. The second kappa shape index (κ2) is 11.8. The first kappa shape index (κ1) is 24.6. The molecular formula is C25H28F2N6O2. The summed E-state index contributed by atoms with van der Waals surface area (Å²) in [6.45, 7) is 5.50. The number of hydrogen-bond donors (Lipinski definition) is 1. The molecule has 8 nitrogen and oxygen atoms in total. The molecule has 3 heterocycles. The van der Waals surface area contributed by atoms with Crippen molar-refractivity contribution in [3.8, 4) is 17.1 Å². The Kier molecular flexibility index (Phi) is 8.27. The average molecular weight is 483 g/mol. The molecule has 1 fully saturated rings. The molecule has 184 valence electrons. The van der Waals surface area contributed by atoms with Crippen molar-refractivity contribution in [2.24, 2.45) is 0 Å². The number of pyridine rings is 1. The van der Waals surface area contributed by atoms with Crippen molar-refractivity contribution in [1.29, 1.82) is 0 Å². The van der Waals surface area contributed by atoms with Gasteiger partial charge in [0.1, 0.15) is 18.2 Å². The standard InChI is InChI=1S/C25H28F2N6O2/c1-32-7-9-33(10-8-32)11-12-35-20-5-6-21(22(26)14-20)25-29-15-18(16-30-25)13-24(34)28-17-19-3-2-4-23(27)31-19/h2-6,14-16H,7-13,17H2,1H3,(H,28,34). The number of ether oxygens (including phenoxy) is 1. The second-order valence-corrected chi connectivity index (χ2v) is 8.46. The van der Waals surface area contributed by atoms with Gasteiger partial charge in [-0.15, -0.1) is 0 Å². The van der Waals surface area contributed by atoms with Gasteiger partial charge in [0.15, 0.2) is 5.82 Å². The highest BCUT2D eigenvalue weighted by Crippen LogP contribution is 2.23. The largest absolute Gasteiger partial charge is 0.492 e. The third-order valence-electron chi connectivity index (χ3n) is 5.76. The van der Waals surface area contributed by atoms with Gasteiger partial charge in [0.2, 0.25) is 11.9 Å². The number of aromatic nitrogens is 3. The number of benzene rings is 1. The summed E-state index contributed by atoms with van der Waals surface area (Å²) in [4.78, 5) is 28.9. The number of amides is 1. The molecule has 1 aliphatic rings. The zero-order chi connectivity index (χ0) is 24.6. The smallest absolute Gasteiger partial charge is 0.224 e. The van der Waals surface area contributed by atoms with E-state index < -0.39 is 11.8 Å². The SMILES string of the molecule is CN1CCN(CCOc2ccc(-c3ncc(CC(=O)NCc4cccc(F)n4)cn3)c(F)c2)CC1. The lowest BCUT2D eigenvalue weighted by Crippen LogP contribution is -2.45. The third kappa shape index (κ3) is 7.24. The molecule has 0 bridgehead atoms. The van der Waals surface area contributed by atoms with Gasteiger partial charge < -0.3 is 15.0 Å². The molecule has 3 aromatic rings. The lowest BCUT2D eigenvalue weighted by molar-refractivity contribution is -0.120. The number of rotatable bonds is 9. The molecule has 1 amide bonds. The molecule has 0 aliphatic carbocycles. The summed E-state index contributed by atoms with van der Waals surface area (Å²) in [7, 11) is 2.11. The van der Waals surface area contributed by atoms with Gasteiger partial charge in [-0.1, -0.05) is 6.07 Å². The van der Waals surface area contributed by atoms with Gasteiger partial charge in [-0.3, -0.25) is 9.69 Å². The highest BCUT2D eigenvalue weighted by Gasteiger charge is 2.14. The third-order valence-corrected chi connectivity index (χ3v) is 5.76. The summed E-state index contributed by atoms with van der Waals surface area (Å²) in [6, 6.07) is 9.03. The quantitative estimate of drug-likeness (QED) is 0.469. The van der Waals surface area contributed by atoms with E-state index in [-0.39, 0.29) is 30.3 Å². The molecular weight excluding hydrogens is 454 g/mol. The van der Waals surface area contributed by atoms with Gasteiger partial charge in [0.05, 0.1) is 24.2 Å². The van der Waals surface area contributed by atoms with Gasteiger partial charge in [-0.25, -0.2) is 19.3 Å². The highest BCUT2D eigenvalue weighted by atomic mass is 19.1. The molecule has 2 aromatic heterocycles.